The standard InChI is InChI=1S/C21H19Cl2NO5/c22-13-2-3-14(15(23)11-13)21(5-6-21)20(27)24-16(19(25)26)9-12-1-4-17-18(10-12)29-8-7-28-17/h1-4,10-11,16H,5-9H2,(H,24,27)(H,25,26). The van der Waals surface area contributed by atoms with Gasteiger partial charge in [0.05, 0.1) is 5.41 Å². The molecule has 1 saturated carbocycles. The molecule has 2 N–H and O–H groups in total. The minimum Gasteiger partial charge on any atom is -0.486 e. The first-order valence-corrected chi connectivity index (χ1v) is 10.0. The normalized spacial score (nSPS) is 17.3. The Morgan fingerprint density at radius 3 is 2.45 bits per heavy atom. The van der Waals surface area contributed by atoms with Crippen LogP contribution in [0.3, 0.4) is 0 Å². The van der Waals surface area contributed by atoms with Crippen LogP contribution in [-0.4, -0.2) is 36.2 Å². The van der Waals surface area contributed by atoms with Gasteiger partial charge in [-0.2, -0.15) is 0 Å². The summed E-state index contributed by atoms with van der Waals surface area (Å²) in [5.41, 5.74) is 0.600. The van der Waals surface area contributed by atoms with Crippen LogP contribution in [0.5, 0.6) is 11.5 Å². The number of amides is 1. The number of nitrogens with one attached hydrogen (secondary N) is 1. The Bertz CT molecular complexity index is 974. The van der Waals surface area contributed by atoms with Gasteiger partial charge in [0, 0.05) is 16.5 Å². The number of halogens is 2. The van der Waals surface area contributed by atoms with Crippen LogP contribution < -0.4 is 14.8 Å². The van der Waals surface area contributed by atoms with Crippen molar-refractivity contribution in [3.05, 3.63) is 57.6 Å². The molecule has 1 unspecified atom stereocenters. The smallest absolute Gasteiger partial charge is 0.326 e. The number of fused-ring (bicyclic) bond motifs is 1. The van der Waals surface area contributed by atoms with Crippen LogP contribution in [0.2, 0.25) is 10.0 Å². The van der Waals surface area contributed by atoms with Gasteiger partial charge in [-0.15, -0.1) is 0 Å². The number of carbonyl (C=O) groups excluding carboxylic acids is 1. The summed E-state index contributed by atoms with van der Waals surface area (Å²) in [4.78, 5) is 24.8. The largest absolute Gasteiger partial charge is 0.486 e. The highest BCUT2D eigenvalue weighted by molar-refractivity contribution is 6.35. The van der Waals surface area contributed by atoms with Gasteiger partial charge in [-0.1, -0.05) is 35.3 Å². The van der Waals surface area contributed by atoms with E-state index < -0.39 is 17.4 Å². The Labute approximate surface area is 177 Å². The van der Waals surface area contributed by atoms with Crippen molar-refractivity contribution in [2.45, 2.75) is 30.7 Å². The fourth-order valence-electron chi connectivity index (χ4n) is 3.57. The molecule has 1 aliphatic heterocycles. The van der Waals surface area contributed by atoms with Crippen LogP contribution in [-0.2, 0) is 21.4 Å². The van der Waals surface area contributed by atoms with Crippen LogP contribution >= 0.6 is 23.2 Å². The second-order valence-electron chi connectivity index (χ2n) is 7.25. The maximum absolute atomic E-state index is 13.0. The van der Waals surface area contributed by atoms with E-state index in [4.69, 9.17) is 32.7 Å². The lowest BCUT2D eigenvalue weighted by Crippen LogP contribution is -2.46. The van der Waals surface area contributed by atoms with Gasteiger partial charge in [0.25, 0.3) is 0 Å². The van der Waals surface area contributed by atoms with E-state index in [0.717, 1.165) is 5.56 Å². The highest BCUT2D eigenvalue weighted by atomic mass is 35.5. The summed E-state index contributed by atoms with van der Waals surface area (Å²) in [5.74, 6) is -0.237. The van der Waals surface area contributed by atoms with Crippen LogP contribution in [0.25, 0.3) is 0 Å². The van der Waals surface area contributed by atoms with Crippen molar-refractivity contribution in [2.75, 3.05) is 13.2 Å². The number of carboxylic acids is 1. The zero-order valence-electron chi connectivity index (χ0n) is 15.4. The highest BCUT2D eigenvalue weighted by Gasteiger charge is 2.53. The lowest BCUT2D eigenvalue weighted by molar-refractivity contribution is -0.142. The van der Waals surface area contributed by atoms with Gasteiger partial charge in [0.2, 0.25) is 5.91 Å². The fraction of sp³-hybridized carbons (Fsp3) is 0.333. The second-order valence-corrected chi connectivity index (χ2v) is 8.10. The fourth-order valence-corrected chi connectivity index (χ4v) is 4.16. The number of hydrogen-bond donors (Lipinski definition) is 2. The van der Waals surface area contributed by atoms with Gasteiger partial charge in [-0.3, -0.25) is 4.79 Å². The molecule has 2 aromatic rings. The summed E-state index contributed by atoms with van der Waals surface area (Å²) in [6.45, 7) is 0.926. The van der Waals surface area contributed by atoms with Gasteiger partial charge in [-0.05, 0) is 48.2 Å². The summed E-state index contributed by atoms with van der Waals surface area (Å²) >= 11 is 12.2. The molecule has 2 aliphatic rings. The molecule has 4 rings (SSSR count). The molecule has 152 valence electrons. The number of benzene rings is 2. The molecule has 1 aliphatic carbocycles. The van der Waals surface area contributed by atoms with Gasteiger partial charge < -0.3 is 19.9 Å². The zero-order chi connectivity index (χ0) is 20.6. The molecular weight excluding hydrogens is 417 g/mol. The lowest BCUT2D eigenvalue weighted by atomic mass is 9.94. The van der Waals surface area contributed by atoms with E-state index in [1.54, 1.807) is 36.4 Å². The maximum Gasteiger partial charge on any atom is 0.326 e. The predicted octanol–water partition coefficient (Wildman–Crippen LogP) is 3.61. The first-order valence-electron chi connectivity index (χ1n) is 9.27. The molecule has 1 fully saturated rings. The lowest BCUT2D eigenvalue weighted by Gasteiger charge is -2.22. The van der Waals surface area contributed by atoms with E-state index in [2.05, 4.69) is 5.32 Å². The zero-order valence-corrected chi connectivity index (χ0v) is 16.9. The molecule has 2 aromatic carbocycles. The summed E-state index contributed by atoms with van der Waals surface area (Å²) < 4.78 is 11.0. The molecule has 8 heteroatoms. The van der Waals surface area contributed by atoms with E-state index in [0.29, 0.717) is 53.2 Å². The van der Waals surface area contributed by atoms with E-state index >= 15 is 0 Å². The van der Waals surface area contributed by atoms with Crippen molar-refractivity contribution in [1.82, 2.24) is 5.32 Å². The third kappa shape index (κ3) is 4.00. The topological polar surface area (TPSA) is 84.9 Å². The minimum absolute atomic E-state index is 0.127. The van der Waals surface area contributed by atoms with Gasteiger partial charge in [0.1, 0.15) is 19.3 Å². The van der Waals surface area contributed by atoms with E-state index in [1.165, 1.54) is 0 Å². The summed E-state index contributed by atoms with van der Waals surface area (Å²) in [6, 6.07) is 9.20. The first kappa shape index (κ1) is 19.9. The number of aliphatic carboxylic acids is 1. The van der Waals surface area contributed by atoms with Crippen LogP contribution in [0.4, 0.5) is 0 Å². The average molecular weight is 436 g/mol. The van der Waals surface area contributed by atoms with Crippen LogP contribution in [0, 0.1) is 0 Å². The van der Waals surface area contributed by atoms with Crippen LogP contribution in [0.1, 0.15) is 24.0 Å². The molecule has 1 heterocycles. The van der Waals surface area contributed by atoms with Gasteiger partial charge >= 0.3 is 5.97 Å². The average Bonchev–Trinajstić information content (AvgIpc) is 3.49. The summed E-state index contributed by atoms with van der Waals surface area (Å²) in [7, 11) is 0. The Hall–Kier alpha value is -2.44. The van der Waals surface area contributed by atoms with Crippen molar-refractivity contribution < 1.29 is 24.2 Å². The molecule has 0 spiro atoms. The number of rotatable bonds is 6. The molecule has 29 heavy (non-hydrogen) atoms. The SMILES string of the molecule is O=C(O)C(Cc1ccc2c(c1)OCCO2)NC(=O)C1(c2ccc(Cl)cc2Cl)CC1. The highest BCUT2D eigenvalue weighted by Crippen LogP contribution is 2.51. The first-order chi connectivity index (χ1) is 13.9. The third-order valence-corrected chi connectivity index (χ3v) is 5.83. The predicted molar refractivity (Wildman–Crippen MR) is 108 cm³/mol. The van der Waals surface area contributed by atoms with Crippen molar-refractivity contribution in [3.8, 4) is 11.5 Å². The quantitative estimate of drug-likeness (QED) is 0.723. The summed E-state index contributed by atoms with van der Waals surface area (Å²) in [6.07, 6.45) is 1.34. The molecule has 1 atom stereocenters. The van der Waals surface area contributed by atoms with Crippen molar-refractivity contribution in [1.29, 1.82) is 0 Å². The van der Waals surface area contributed by atoms with Crippen LogP contribution in [0.15, 0.2) is 36.4 Å². The summed E-state index contributed by atoms with van der Waals surface area (Å²) in [5, 5.41) is 13.2. The number of carboxylic acid groups (broad SMARTS) is 1. The van der Waals surface area contributed by atoms with Gasteiger partial charge in [-0.25, -0.2) is 4.79 Å². The Balaban J connectivity index is 1.51. The second kappa shape index (κ2) is 7.76. The number of carbonyl (C=O) groups is 2. The number of hydrogen-bond acceptors (Lipinski definition) is 4. The Kier molecular flexibility index (Phi) is 5.32. The van der Waals surface area contributed by atoms with E-state index in [9.17, 15) is 14.7 Å². The molecular formula is C21H19Cl2NO5. The van der Waals surface area contributed by atoms with Crippen molar-refractivity contribution in [3.63, 3.8) is 0 Å². The molecule has 0 aromatic heterocycles. The third-order valence-electron chi connectivity index (χ3n) is 5.28. The molecule has 0 saturated heterocycles. The minimum atomic E-state index is -1.11. The Morgan fingerprint density at radius 1 is 1.07 bits per heavy atom. The van der Waals surface area contributed by atoms with Crippen molar-refractivity contribution >= 4 is 35.1 Å². The monoisotopic (exact) mass is 435 g/mol. The molecule has 0 bridgehead atoms. The van der Waals surface area contributed by atoms with Gasteiger partial charge in [0.15, 0.2) is 11.5 Å². The molecule has 6 nitrogen and oxygen atoms in total. The van der Waals surface area contributed by atoms with Crippen molar-refractivity contribution in [2.24, 2.45) is 0 Å². The van der Waals surface area contributed by atoms with E-state index in [1.807, 2.05) is 0 Å². The maximum atomic E-state index is 13.0. The number of ether oxygens (including phenoxy) is 2. The van der Waals surface area contributed by atoms with E-state index in [-0.39, 0.29) is 12.3 Å². The Morgan fingerprint density at radius 2 is 1.79 bits per heavy atom. The molecule has 1 amide bonds. The molecule has 0 radical (unpaired) electrons.